The normalized spacial score (nSPS) is 13.0. The lowest BCUT2D eigenvalue weighted by Gasteiger charge is -2.12. The number of amides is 4. The molecule has 122 valence electrons. The van der Waals surface area contributed by atoms with Gasteiger partial charge in [0.25, 0.3) is 11.8 Å². The Balaban J connectivity index is 1.75. The minimum absolute atomic E-state index is 0.0734. The van der Waals surface area contributed by atoms with E-state index in [2.05, 4.69) is 5.32 Å². The number of unbranched alkanes of at least 4 members (excludes halogenated alkanes) is 2. The first-order valence-corrected chi connectivity index (χ1v) is 7.22. The minimum Gasteiger partial charge on any atom is -0.352 e. The Hall–Kier alpha value is -2.90. The van der Waals surface area contributed by atoms with E-state index in [-0.39, 0.29) is 17.5 Å². The third kappa shape index (κ3) is 4.06. The Kier molecular flexibility index (Phi) is 5.29. The summed E-state index contributed by atoms with van der Waals surface area (Å²) < 4.78 is 0. The van der Waals surface area contributed by atoms with Gasteiger partial charge in [-0.1, -0.05) is 23.6 Å². The van der Waals surface area contributed by atoms with Gasteiger partial charge in [-0.3, -0.25) is 9.59 Å². The van der Waals surface area contributed by atoms with Crippen molar-refractivity contribution in [2.45, 2.75) is 25.7 Å². The number of nitrogens with one attached hydrogen (secondary N) is 1. The molecule has 1 heterocycles. The van der Waals surface area contributed by atoms with Gasteiger partial charge in [0.2, 0.25) is 0 Å². The molecule has 0 fully saturated rings. The maximum Gasteiger partial charge on any atom is 0.333 e. The van der Waals surface area contributed by atoms with Gasteiger partial charge in [0.05, 0.1) is 11.1 Å². The molecule has 1 aliphatic rings. The van der Waals surface area contributed by atoms with Gasteiger partial charge in [-0.25, -0.2) is 9.59 Å². The summed E-state index contributed by atoms with van der Waals surface area (Å²) >= 11 is 0. The van der Waals surface area contributed by atoms with Crippen LogP contribution in [0.15, 0.2) is 24.3 Å². The lowest BCUT2D eigenvalue weighted by atomic mass is 10.1. The van der Waals surface area contributed by atoms with Gasteiger partial charge >= 0.3 is 12.0 Å². The van der Waals surface area contributed by atoms with Gasteiger partial charge < -0.3 is 15.9 Å². The highest BCUT2D eigenvalue weighted by molar-refractivity contribution is 6.20. The fraction of sp³-hybridized carbons (Fsp3) is 0.333. The quantitative estimate of drug-likeness (QED) is 0.573. The van der Waals surface area contributed by atoms with Crippen molar-refractivity contribution in [3.8, 4) is 0 Å². The van der Waals surface area contributed by atoms with Crippen LogP contribution in [0.25, 0.3) is 0 Å². The maximum atomic E-state index is 12.0. The fourth-order valence-corrected chi connectivity index (χ4v) is 2.18. The number of hydrogen-bond acceptors (Lipinski definition) is 5. The van der Waals surface area contributed by atoms with E-state index < -0.39 is 23.8 Å². The van der Waals surface area contributed by atoms with E-state index in [0.717, 1.165) is 0 Å². The predicted octanol–water partition coefficient (Wildman–Crippen LogP) is 0.969. The second kappa shape index (κ2) is 7.39. The summed E-state index contributed by atoms with van der Waals surface area (Å²) in [7, 11) is 0. The zero-order valence-corrected chi connectivity index (χ0v) is 12.4. The first-order chi connectivity index (χ1) is 11.0. The number of nitrogens with two attached hydrogens (primary N) is 1. The fourth-order valence-electron chi connectivity index (χ4n) is 2.18. The summed E-state index contributed by atoms with van der Waals surface area (Å²) in [5.74, 6) is -1.92. The molecule has 8 heteroatoms. The third-order valence-corrected chi connectivity index (χ3v) is 3.31. The number of imide groups is 1. The van der Waals surface area contributed by atoms with Gasteiger partial charge in [-0.2, -0.15) is 0 Å². The van der Waals surface area contributed by atoms with Crippen molar-refractivity contribution >= 4 is 23.8 Å². The van der Waals surface area contributed by atoms with Crippen LogP contribution in [0.3, 0.4) is 0 Å². The number of rotatable bonds is 7. The van der Waals surface area contributed by atoms with Crippen LogP contribution in [0.1, 0.15) is 46.4 Å². The van der Waals surface area contributed by atoms with Crippen LogP contribution in [0.4, 0.5) is 4.79 Å². The number of fused-ring (bicyclic) bond motifs is 1. The lowest BCUT2D eigenvalue weighted by Crippen LogP contribution is -2.32. The van der Waals surface area contributed by atoms with Crippen LogP contribution in [0.2, 0.25) is 0 Å². The lowest BCUT2D eigenvalue weighted by molar-refractivity contribution is -0.168. The zero-order chi connectivity index (χ0) is 16.8. The highest BCUT2D eigenvalue weighted by Crippen LogP contribution is 2.22. The summed E-state index contributed by atoms with van der Waals surface area (Å²) in [6.07, 6.45) is 1.94. The van der Waals surface area contributed by atoms with Crippen molar-refractivity contribution < 1.29 is 24.0 Å². The molecular weight excluding hydrogens is 302 g/mol. The molecule has 0 aromatic heterocycles. The summed E-state index contributed by atoms with van der Waals surface area (Å²) in [5, 5.41) is 2.94. The number of carbonyl (C=O) groups is 4. The van der Waals surface area contributed by atoms with Crippen LogP contribution >= 0.6 is 0 Å². The Bertz CT molecular complexity index is 609. The molecule has 0 bridgehead atoms. The van der Waals surface area contributed by atoms with E-state index in [1.807, 2.05) is 0 Å². The molecule has 23 heavy (non-hydrogen) atoms. The Morgan fingerprint density at radius 3 is 2.22 bits per heavy atom. The van der Waals surface area contributed by atoms with Gasteiger partial charge in [0.15, 0.2) is 0 Å². The van der Waals surface area contributed by atoms with E-state index in [9.17, 15) is 19.2 Å². The van der Waals surface area contributed by atoms with Crippen molar-refractivity contribution in [2.24, 2.45) is 5.73 Å². The molecule has 4 amide bonds. The number of benzene rings is 1. The topological polar surface area (TPSA) is 119 Å². The largest absolute Gasteiger partial charge is 0.352 e. The highest BCUT2D eigenvalue weighted by Gasteiger charge is 2.38. The molecule has 0 saturated carbocycles. The van der Waals surface area contributed by atoms with Gasteiger partial charge in [0, 0.05) is 13.0 Å². The van der Waals surface area contributed by atoms with Crippen LogP contribution < -0.4 is 11.1 Å². The van der Waals surface area contributed by atoms with Crippen molar-refractivity contribution in [1.82, 2.24) is 10.4 Å². The van der Waals surface area contributed by atoms with E-state index in [1.54, 1.807) is 12.1 Å². The molecule has 0 radical (unpaired) electrons. The summed E-state index contributed by atoms with van der Waals surface area (Å²) in [6, 6.07) is 5.70. The molecule has 1 aromatic carbocycles. The molecule has 1 aromatic rings. The molecule has 0 spiro atoms. The molecule has 0 unspecified atom stereocenters. The molecule has 8 nitrogen and oxygen atoms in total. The first-order valence-electron chi connectivity index (χ1n) is 7.22. The zero-order valence-electron chi connectivity index (χ0n) is 12.4. The molecular formula is C15H17N3O5. The van der Waals surface area contributed by atoms with Crippen LogP contribution in [-0.2, 0) is 9.63 Å². The number of hydrogen-bond donors (Lipinski definition) is 2. The second-order valence-corrected chi connectivity index (χ2v) is 5.02. The Labute approximate surface area is 132 Å². The first kappa shape index (κ1) is 16.5. The van der Waals surface area contributed by atoms with Gasteiger partial charge in [0.1, 0.15) is 0 Å². The SMILES string of the molecule is NC(=O)NCCCCCC(=O)ON1C(=O)c2ccccc2C1=O. The predicted molar refractivity (Wildman–Crippen MR) is 79.1 cm³/mol. The van der Waals surface area contributed by atoms with Crippen LogP contribution in [-0.4, -0.2) is 35.4 Å². The number of nitrogens with zero attached hydrogens (tertiary/aromatic N) is 1. The number of urea groups is 1. The van der Waals surface area contributed by atoms with E-state index >= 15 is 0 Å². The van der Waals surface area contributed by atoms with Crippen molar-refractivity contribution in [2.75, 3.05) is 6.54 Å². The van der Waals surface area contributed by atoms with E-state index in [1.165, 1.54) is 12.1 Å². The molecule has 0 atom stereocenters. The number of primary amides is 1. The van der Waals surface area contributed by atoms with Gasteiger partial charge in [-0.15, -0.1) is 0 Å². The average molecular weight is 319 g/mol. The number of carbonyl (C=O) groups excluding carboxylic acids is 4. The average Bonchev–Trinajstić information content (AvgIpc) is 2.76. The molecule has 0 saturated heterocycles. The van der Waals surface area contributed by atoms with Crippen molar-refractivity contribution in [3.05, 3.63) is 35.4 Å². The minimum atomic E-state index is -0.651. The standard InChI is InChI=1S/C15H17N3O5/c16-15(22)17-9-5-1-2-8-12(19)23-18-13(20)10-6-3-4-7-11(10)14(18)21/h3-4,6-7H,1-2,5,8-9H2,(H3,16,17,22). The molecule has 2 rings (SSSR count). The van der Waals surface area contributed by atoms with Gasteiger partial charge in [-0.05, 0) is 25.0 Å². The third-order valence-electron chi connectivity index (χ3n) is 3.31. The summed E-state index contributed by atoms with van der Waals surface area (Å²) in [4.78, 5) is 51.0. The van der Waals surface area contributed by atoms with Crippen molar-refractivity contribution in [1.29, 1.82) is 0 Å². The Morgan fingerprint density at radius 1 is 1.04 bits per heavy atom. The monoisotopic (exact) mass is 319 g/mol. The molecule has 1 aliphatic heterocycles. The second-order valence-electron chi connectivity index (χ2n) is 5.02. The molecule has 0 aliphatic carbocycles. The van der Waals surface area contributed by atoms with E-state index in [0.29, 0.717) is 30.9 Å². The van der Waals surface area contributed by atoms with Crippen LogP contribution in [0, 0.1) is 0 Å². The summed E-state index contributed by atoms with van der Waals surface area (Å²) in [6.45, 7) is 0.433. The summed E-state index contributed by atoms with van der Waals surface area (Å²) in [5.41, 5.74) is 5.37. The number of hydroxylamine groups is 2. The maximum absolute atomic E-state index is 12.0. The van der Waals surface area contributed by atoms with Crippen molar-refractivity contribution in [3.63, 3.8) is 0 Å². The van der Waals surface area contributed by atoms with E-state index in [4.69, 9.17) is 10.6 Å². The van der Waals surface area contributed by atoms with Crippen LogP contribution in [0.5, 0.6) is 0 Å². The molecule has 3 N–H and O–H groups in total. The smallest absolute Gasteiger partial charge is 0.333 e. The Morgan fingerprint density at radius 2 is 1.65 bits per heavy atom. The highest BCUT2D eigenvalue weighted by atomic mass is 16.7.